The van der Waals surface area contributed by atoms with Gasteiger partial charge in [-0.3, -0.25) is 14.6 Å². The largest absolute Gasteiger partial charge is 0.337 e. The van der Waals surface area contributed by atoms with Gasteiger partial charge in [-0.2, -0.15) is 4.98 Å². The van der Waals surface area contributed by atoms with Crippen molar-refractivity contribution in [3.8, 4) is 0 Å². The van der Waals surface area contributed by atoms with E-state index in [-0.39, 0.29) is 23.8 Å². The van der Waals surface area contributed by atoms with Crippen LogP contribution in [0.5, 0.6) is 0 Å². The summed E-state index contributed by atoms with van der Waals surface area (Å²) >= 11 is 0. The Morgan fingerprint density at radius 1 is 1.10 bits per heavy atom. The maximum atomic E-state index is 13.3. The second-order valence-corrected chi connectivity index (χ2v) is 7.98. The zero-order valence-corrected chi connectivity index (χ0v) is 17.0. The fourth-order valence-corrected chi connectivity index (χ4v) is 4.37. The second-order valence-electron chi connectivity index (χ2n) is 7.98. The Morgan fingerprint density at radius 2 is 1.90 bits per heavy atom. The molecule has 8 nitrogen and oxygen atoms in total. The van der Waals surface area contributed by atoms with Crippen LogP contribution < -0.4 is 0 Å². The number of aromatic nitrogens is 3. The maximum Gasteiger partial charge on any atom is 0.255 e. The molecule has 154 valence electrons. The van der Waals surface area contributed by atoms with E-state index in [1.54, 1.807) is 19.3 Å². The van der Waals surface area contributed by atoms with E-state index < -0.39 is 0 Å². The van der Waals surface area contributed by atoms with Crippen molar-refractivity contribution in [2.45, 2.75) is 52.0 Å². The maximum absolute atomic E-state index is 13.3. The quantitative estimate of drug-likeness (QED) is 0.791. The molecule has 1 aliphatic heterocycles. The average molecular weight is 397 g/mol. The van der Waals surface area contributed by atoms with Crippen LogP contribution in [0.25, 0.3) is 0 Å². The summed E-state index contributed by atoms with van der Waals surface area (Å²) in [5, 5.41) is 3.91. The fourth-order valence-electron chi connectivity index (χ4n) is 4.37. The van der Waals surface area contributed by atoms with Gasteiger partial charge in [0.15, 0.2) is 5.82 Å². The first kappa shape index (κ1) is 19.5. The van der Waals surface area contributed by atoms with E-state index in [9.17, 15) is 9.59 Å². The number of aryl methyl sites for hydroxylation is 2. The lowest BCUT2D eigenvalue weighted by Gasteiger charge is -2.29. The molecule has 2 aliphatic rings. The molecule has 0 radical (unpaired) electrons. The van der Waals surface area contributed by atoms with Crippen LogP contribution in [-0.4, -0.2) is 56.4 Å². The fraction of sp³-hybridized carbons (Fsp3) is 0.571. The van der Waals surface area contributed by atoms with Crippen molar-refractivity contribution in [2.24, 2.45) is 5.92 Å². The zero-order valence-electron chi connectivity index (χ0n) is 17.0. The van der Waals surface area contributed by atoms with Crippen LogP contribution in [0.3, 0.4) is 0 Å². The number of hydrogen-bond acceptors (Lipinski definition) is 6. The molecule has 8 heteroatoms. The van der Waals surface area contributed by atoms with Gasteiger partial charge in [0.05, 0.1) is 5.56 Å². The van der Waals surface area contributed by atoms with Gasteiger partial charge in [0.25, 0.3) is 5.91 Å². The predicted octanol–water partition coefficient (Wildman–Crippen LogP) is 2.69. The molecule has 0 aromatic carbocycles. The third-order valence-electron chi connectivity index (χ3n) is 6.03. The molecule has 0 spiro atoms. The smallest absolute Gasteiger partial charge is 0.255 e. The molecular weight excluding hydrogens is 370 g/mol. The topological polar surface area (TPSA) is 92.4 Å². The monoisotopic (exact) mass is 397 g/mol. The van der Waals surface area contributed by atoms with E-state index in [1.807, 2.05) is 22.8 Å². The number of rotatable bonds is 3. The minimum Gasteiger partial charge on any atom is -0.337 e. The van der Waals surface area contributed by atoms with Crippen LogP contribution in [-0.2, 0) is 4.79 Å². The molecule has 1 aliphatic carbocycles. The normalized spacial score (nSPS) is 20.7. The molecule has 1 unspecified atom stereocenters. The standard InChI is InChI=1S/C21H27N5O3/c1-14-7-9-22-13-17(14)21(28)25-10-8-18(19-23-15(2)24-29-19)26(12-11-25)20(27)16-5-3-4-6-16/h7,9,13,16,18H,3-6,8,10-12H2,1-2H3. The van der Waals surface area contributed by atoms with Crippen molar-refractivity contribution in [1.82, 2.24) is 24.9 Å². The van der Waals surface area contributed by atoms with Gasteiger partial charge in [-0.15, -0.1) is 0 Å². The third kappa shape index (κ3) is 4.02. The van der Waals surface area contributed by atoms with Crippen molar-refractivity contribution in [2.75, 3.05) is 19.6 Å². The SMILES string of the molecule is Cc1noc(C2CCN(C(=O)c3cnccc3C)CCN2C(=O)C2CCCC2)n1. The Balaban J connectivity index is 1.58. The summed E-state index contributed by atoms with van der Waals surface area (Å²) < 4.78 is 5.43. The lowest BCUT2D eigenvalue weighted by atomic mass is 10.0. The highest BCUT2D eigenvalue weighted by molar-refractivity contribution is 5.95. The van der Waals surface area contributed by atoms with Gasteiger partial charge in [0.1, 0.15) is 6.04 Å². The van der Waals surface area contributed by atoms with Crippen molar-refractivity contribution in [1.29, 1.82) is 0 Å². The zero-order chi connectivity index (χ0) is 20.4. The van der Waals surface area contributed by atoms with Crippen LogP contribution >= 0.6 is 0 Å². The summed E-state index contributed by atoms with van der Waals surface area (Å²) in [5.74, 6) is 1.17. The summed E-state index contributed by atoms with van der Waals surface area (Å²) in [5.41, 5.74) is 1.51. The van der Waals surface area contributed by atoms with Gasteiger partial charge in [0, 0.05) is 37.9 Å². The molecule has 1 atom stereocenters. The highest BCUT2D eigenvalue weighted by atomic mass is 16.5. The Morgan fingerprint density at radius 3 is 2.59 bits per heavy atom. The Labute approximate surface area is 170 Å². The van der Waals surface area contributed by atoms with E-state index in [0.29, 0.717) is 43.3 Å². The van der Waals surface area contributed by atoms with E-state index >= 15 is 0 Å². The highest BCUT2D eigenvalue weighted by Gasteiger charge is 2.37. The first-order chi connectivity index (χ1) is 14.0. The van der Waals surface area contributed by atoms with E-state index in [0.717, 1.165) is 31.2 Å². The van der Waals surface area contributed by atoms with Gasteiger partial charge in [0.2, 0.25) is 11.8 Å². The molecule has 1 saturated carbocycles. The average Bonchev–Trinajstić information content (AvgIpc) is 3.35. The lowest BCUT2D eigenvalue weighted by molar-refractivity contribution is -0.138. The summed E-state index contributed by atoms with van der Waals surface area (Å²) in [7, 11) is 0. The first-order valence-electron chi connectivity index (χ1n) is 10.3. The van der Waals surface area contributed by atoms with Crippen LogP contribution in [0.15, 0.2) is 23.0 Å². The summed E-state index contributed by atoms with van der Waals surface area (Å²) in [6, 6.07) is 1.54. The number of carbonyl (C=O) groups is 2. The number of nitrogens with zero attached hydrogens (tertiary/aromatic N) is 5. The van der Waals surface area contributed by atoms with Crippen LogP contribution in [0.1, 0.15) is 65.8 Å². The molecule has 29 heavy (non-hydrogen) atoms. The highest BCUT2D eigenvalue weighted by Crippen LogP contribution is 2.33. The Hall–Kier alpha value is -2.77. The van der Waals surface area contributed by atoms with Crippen LogP contribution in [0, 0.1) is 19.8 Å². The van der Waals surface area contributed by atoms with Gasteiger partial charge >= 0.3 is 0 Å². The van der Waals surface area contributed by atoms with Gasteiger partial charge in [-0.05, 0) is 44.7 Å². The number of carbonyl (C=O) groups excluding carboxylic acids is 2. The van der Waals surface area contributed by atoms with Gasteiger partial charge < -0.3 is 14.3 Å². The second kappa shape index (κ2) is 8.31. The van der Waals surface area contributed by atoms with E-state index in [4.69, 9.17) is 4.52 Å². The summed E-state index contributed by atoms with van der Waals surface area (Å²) in [4.78, 5) is 38.5. The molecular formula is C21H27N5O3. The van der Waals surface area contributed by atoms with Gasteiger partial charge in [-0.1, -0.05) is 18.0 Å². The Kier molecular flexibility index (Phi) is 5.60. The molecule has 2 fully saturated rings. The van der Waals surface area contributed by atoms with Crippen molar-refractivity contribution < 1.29 is 14.1 Å². The minimum absolute atomic E-state index is 0.0498. The number of pyridine rings is 1. The summed E-state index contributed by atoms with van der Waals surface area (Å²) in [6.07, 6.45) is 7.93. The molecule has 4 rings (SSSR count). The minimum atomic E-state index is -0.294. The Bertz CT molecular complexity index is 890. The molecule has 2 aromatic rings. The number of amides is 2. The summed E-state index contributed by atoms with van der Waals surface area (Å²) in [6.45, 7) is 5.15. The third-order valence-corrected chi connectivity index (χ3v) is 6.03. The van der Waals surface area contributed by atoms with E-state index in [1.165, 1.54) is 0 Å². The van der Waals surface area contributed by atoms with Crippen molar-refractivity contribution in [3.05, 3.63) is 41.3 Å². The first-order valence-corrected chi connectivity index (χ1v) is 10.3. The van der Waals surface area contributed by atoms with Gasteiger partial charge in [-0.25, -0.2) is 0 Å². The lowest BCUT2D eigenvalue weighted by Crippen LogP contribution is -2.41. The predicted molar refractivity (Wildman–Crippen MR) is 105 cm³/mol. The number of hydrogen-bond donors (Lipinski definition) is 0. The van der Waals surface area contributed by atoms with Crippen molar-refractivity contribution >= 4 is 11.8 Å². The van der Waals surface area contributed by atoms with Crippen LogP contribution in [0.2, 0.25) is 0 Å². The van der Waals surface area contributed by atoms with E-state index in [2.05, 4.69) is 15.1 Å². The molecule has 2 aromatic heterocycles. The van der Waals surface area contributed by atoms with Crippen LogP contribution in [0.4, 0.5) is 0 Å². The molecule has 0 N–H and O–H groups in total. The molecule has 3 heterocycles. The molecule has 1 saturated heterocycles. The van der Waals surface area contributed by atoms with Crippen molar-refractivity contribution in [3.63, 3.8) is 0 Å². The molecule has 2 amide bonds. The molecule has 0 bridgehead atoms.